The summed E-state index contributed by atoms with van der Waals surface area (Å²) >= 11 is 0. The monoisotopic (exact) mass is 276 g/mol. The van der Waals surface area contributed by atoms with E-state index in [9.17, 15) is 9.59 Å². The van der Waals surface area contributed by atoms with Gasteiger partial charge in [0.05, 0.1) is 24.4 Å². The van der Waals surface area contributed by atoms with Crippen molar-refractivity contribution < 1.29 is 14.7 Å². The topological polar surface area (TPSA) is 133 Å². The van der Waals surface area contributed by atoms with Crippen molar-refractivity contribution >= 4 is 17.7 Å². The second kappa shape index (κ2) is 6.27. The molecule has 0 aromatic carbocycles. The molecule has 0 aliphatic heterocycles. The first-order chi connectivity index (χ1) is 9.65. The minimum atomic E-state index is -1.14. The molecule has 0 aliphatic rings. The van der Waals surface area contributed by atoms with Gasteiger partial charge in [0.25, 0.3) is 0 Å². The van der Waals surface area contributed by atoms with Crippen LogP contribution in [-0.2, 0) is 11.2 Å². The molecule has 0 saturated carbocycles. The van der Waals surface area contributed by atoms with Gasteiger partial charge >= 0.3 is 12.0 Å². The van der Waals surface area contributed by atoms with Crippen LogP contribution < -0.4 is 10.6 Å². The maximum Gasteiger partial charge on any atom is 0.326 e. The lowest BCUT2D eigenvalue weighted by Crippen LogP contribution is -2.44. The molecule has 2 rings (SSSR count). The van der Waals surface area contributed by atoms with Crippen LogP contribution >= 0.6 is 0 Å². The van der Waals surface area contributed by atoms with Crippen LogP contribution in [0.1, 0.15) is 5.69 Å². The van der Waals surface area contributed by atoms with Crippen molar-refractivity contribution in [3.05, 3.63) is 36.9 Å². The van der Waals surface area contributed by atoms with Gasteiger partial charge in [0.2, 0.25) is 0 Å². The Morgan fingerprint density at radius 2 is 2.00 bits per heavy atom. The second-order valence-electron chi connectivity index (χ2n) is 3.90. The lowest BCUT2D eigenvalue weighted by molar-refractivity contribution is -0.139. The molecule has 4 N–H and O–H groups in total. The molecule has 2 aromatic rings. The van der Waals surface area contributed by atoms with E-state index >= 15 is 0 Å². The van der Waals surface area contributed by atoms with Crippen molar-refractivity contribution in [2.24, 2.45) is 0 Å². The molecule has 2 aromatic heterocycles. The molecule has 0 spiro atoms. The molecule has 9 nitrogen and oxygen atoms in total. The molecule has 0 aliphatic carbocycles. The minimum Gasteiger partial charge on any atom is -0.480 e. The van der Waals surface area contributed by atoms with Gasteiger partial charge in [0.15, 0.2) is 0 Å². The average molecular weight is 276 g/mol. The molecule has 0 fully saturated rings. The fourth-order valence-corrected chi connectivity index (χ4v) is 1.51. The Bertz CT molecular complexity index is 571. The van der Waals surface area contributed by atoms with E-state index in [1.165, 1.54) is 31.2 Å². The molecule has 20 heavy (non-hydrogen) atoms. The zero-order valence-electron chi connectivity index (χ0n) is 10.3. The van der Waals surface area contributed by atoms with Gasteiger partial charge in [-0.15, -0.1) is 0 Å². The van der Waals surface area contributed by atoms with Crippen molar-refractivity contribution in [1.29, 1.82) is 0 Å². The number of carbonyl (C=O) groups is 2. The Morgan fingerprint density at radius 1 is 1.25 bits per heavy atom. The number of H-pyrrole nitrogens is 1. The van der Waals surface area contributed by atoms with Gasteiger partial charge in [0.1, 0.15) is 12.4 Å². The number of carboxylic acid groups (broad SMARTS) is 1. The highest BCUT2D eigenvalue weighted by Crippen LogP contribution is 2.02. The Kier molecular flexibility index (Phi) is 4.22. The molecule has 104 valence electrons. The Balaban J connectivity index is 1.94. The summed E-state index contributed by atoms with van der Waals surface area (Å²) in [7, 11) is 0. The van der Waals surface area contributed by atoms with E-state index in [2.05, 4.69) is 30.6 Å². The molecule has 0 radical (unpaired) electrons. The molecular formula is C11H12N6O3. The van der Waals surface area contributed by atoms with Crippen LogP contribution in [0.3, 0.4) is 0 Å². The molecule has 1 atom stereocenters. The van der Waals surface area contributed by atoms with Crippen molar-refractivity contribution in [2.45, 2.75) is 12.5 Å². The summed E-state index contributed by atoms with van der Waals surface area (Å²) in [6.07, 6.45) is 7.17. The van der Waals surface area contributed by atoms with Crippen LogP contribution in [0.5, 0.6) is 0 Å². The van der Waals surface area contributed by atoms with E-state index in [0.29, 0.717) is 11.4 Å². The number of anilines is 1. The van der Waals surface area contributed by atoms with Crippen molar-refractivity contribution in [3.63, 3.8) is 0 Å². The van der Waals surface area contributed by atoms with Crippen molar-refractivity contribution in [2.75, 3.05) is 5.32 Å². The second-order valence-corrected chi connectivity index (χ2v) is 3.90. The average Bonchev–Trinajstić information content (AvgIpc) is 2.92. The molecule has 2 heterocycles. The summed E-state index contributed by atoms with van der Waals surface area (Å²) < 4.78 is 0. The molecule has 0 unspecified atom stereocenters. The summed E-state index contributed by atoms with van der Waals surface area (Å²) in [6.45, 7) is 0. The highest BCUT2D eigenvalue weighted by Gasteiger charge is 2.21. The zero-order chi connectivity index (χ0) is 14.4. The smallest absolute Gasteiger partial charge is 0.326 e. The molecule has 0 saturated heterocycles. The molecular weight excluding hydrogens is 264 g/mol. The third-order valence-electron chi connectivity index (χ3n) is 2.40. The van der Waals surface area contributed by atoms with E-state index in [0.717, 1.165) is 0 Å². The maximum absolute atomic E-state index is 11.7. The van der Waals surface area contributed by atoms with Crippen LogP contribution in [0, 0.1) is 0 Å². The SMILES string of the molecule is O=C(Nc1cncnc1)N[C@@H](Cc1cnc[nH]1)C(=O)O. The van der Waals surface area contributed by atoms with E-state index in [4.69, 9.17) is 5.11 Å². The number of urea groups is 1. The molecule has 2 amide bonds. The first kappa shape index (κ1) is 13.5. The van der Waals surface area contributed by atoms with Crippen molar-refractivity contribution in [1.82, 2.24) is 25.3 Å². The number of amides is 2. The fraction of sp³-hybridized carbons (Fsp3) is 0.182. The standard InChI is InChI=1S/C11H12N6O3/c18-10(19)9(1-7-2-14-6-15-7)17-11(20)16-8-3-12-5-13-4-8/h2-6,9H,1H2,(H,14,15)(H,18,19)(H2,16,17,20)/t9-/m0/s1. The predicted octanol–water partition coefficient (Wildman–Crippen LogP) is 0.0171. The van der Waals surface area contributed by atoms with Gasteiger partial charge in [-0.3, -0.25) is 0 Å². The number of hydrogen-bond donors (Lipinski definition) is 4. The number of carboxylic acids is 1. The zero-order valence-corrected chi connectivity index (χ0v) is 10.3. The highest BCUT2D eigenvalue weighted by atomic mass is 16.4. The lowest BCUT2D eigenvalue weighted by Gasteiger charge is -2.14. The van der Waals surface area contributed by atoms with E-state index in [1.54, 1.807) is 0 Å². The van der Waals surface area contributed by atoms with Gasteiger partial charge in [-0.2, -0.15) is 0 Å². The van der Waals surface area contributed by atoms with Gasteiger partial charge in [-0.05, 0) is 0 Å². The number of imidazole rings is 1. The number of hydrogen-bond acceptors (Lipinski definition) is 5. The van der Waals surface area contributed by atoms with Gasteiger partial charge in [-0.25, -0.2) is 24.5 Å². The van der Waals surface area contributed by atoms with Crippen molar-refractivity contribution in [3.8, 4) is 0 Å². The van der Waals surface area contributed by atoms with Gasteiger partial charge in [-0.1, -0.05) is 0 Å². The maximum atomic E-state index is 11.7. The Morgan fingerprint density at radius 3 is 2.60 bits per heavy atom. The number of nitrogens with zero attached hydrogens (tertiary/aromatic N) is 3. The molecule has 0 bridgehead atoms. The lowest BCUT2D eigenvalue weighted by atomic mass is 10.2. The molecule has 9 heteroatoms. The summed E-state index contributed by atoms with van der Waals surface area (Å²) in [4.78, 5) is 36.8. The van der Waals surface area contributed by atoms with E-state index in [-0.39, 0.29) is 6.42 Å². The third kappa shape index (κ3) is 3.77. The summed E-state index contributed by atoms with van der Waals surface area (Å²) in [5.41, 5.74) is 0.983. The summed E-state index contributed by atoms with van der Waals surface area (Å²) in [6, 6.07) is -1.72. The van der Waals surface area contributed by atoms with Crippen LogP contribution in [0.4, 0.5) is 10.5 Å². The Hall–Kier alpha value is -2.97. The fourth-order valence-electron chi connectivity index (χ4n) is 1.51. The third-order valence-corrected chi connectivity index (χ3v) is 2.40. The van der Waals surface area contributed by atoms with Gasteiger partial charge in [0, 0.05) is 18.3 Å². The normalized spacial score (nSPS) is 11.6. The van der Waals surface area contributed by atoms with Crippen LogP contribution in [0.2, 0.25) is 0 Å². The van der Waals surface area contributed by atoms with Crippen LogP contribution in [0.15, 0.2) is 31.2 Å². The number of rotatable bonds is 5. The number of aromatic nitrogens is 4. The highest BCUT2D eigenvalue weighted by molar-refractivity contribution is 5.92. The largest absolute Gasteiger partial charge is 0.480 e. The first-order valence-corrected chi connectivity index (χ1v) is 5.67. The first-order valence-electron chi connectivity index (χ1n) is 5.67. The van der Waals surface area contributed by atoms with Crippen LogP contribution in [-0.4, -0.2) is 43.1 Å². The van der Waals surface area contributed by atoms with Crippen LogP contribution in [0.25, 0.3) is 0 Å². The van der Waals surface area contributed by atoms with E-state index < -0.39 is 18.0 Å². The van der Waals surface area contributed by atoms with Gasteiger partial charge < -0.3 is 20.7 Å². The number of aromatic amines is 1. The summed E-state index contributed by atoms with van der Waals surface area (Å²) in [5, 5.41) is 13.9. The quantitative estimate of drug-likeness (QED) is 0.608. The number of aliphatic carboxylic acids is 1. The Labute approximate surface area is 113 Å². The van der Waals surface area contributed by atoms with E-state index in [1.807, 2.05) is 0 Å². The number of nitrogens with one attached hydrogen (secondary N) is 3. The minimum absolute atomic E-state index is 0.105. The predicted molar refractivity (Wildman–Crippen MR) is 67.9 cm³/mol. The number of carbonyl (C=O) groups excluding carboxylic acids is 1. The summed E-state index contributed by atoms with van der Waals surface area (Å²) in [5.74, 6) is -1.14.